The average molecular weight is 707 g/mol. The summed E-state index contributed by atoms with van der Waals surface area (Å²) < 4.78 is 9.03. The summed E-state index contributed by atoms with van der Waals surface area (Å²) in [7, 11) is 0. The molecule has 0 radical (unpaired) electrons. The Morgan fingerprint density at radius 2 is 0.925 bits per heavy atom. The topological polar surface area (TPSA) is 0 Å². The molecular weight excluding hydrogens is 663 g/mol. The van der Waals surface area contributed by atoms with Gasteiger partial charge in [-0.1, -0.05) is 0 Å². The van der Waals surface area contributed by atoms with Gasteiger partial charge in [0.05, 0.1) is 0 Å². The van der Waals surface area contributed by atoms with Gasteiger partial charge in [-0.3, -0.25) is 0 Å². The van der Waals surface area contributed by atoms with E-state index in [-0.39, 0.29) is 0 Å². The SMILES string of the molecule is C[CH2][Hf]([CH3])([CH3])(=[SiH2])([CH2]C)([CH]1C=Cc2c(-c3ccccc3C)cccc21)[CH]1C=Cc2c(-c3ccccc3C)cccc21. The van der Waals surface area contributed by atoms with E-state index >= 15 is 0 Å². The first kappa shape index (κ1) is 27.6. The number of hydrogen-bond acceptors (Lipinski definition) is 0. The van der Waals surface area contributed by atoms with Gasteiger partial charge in [-0.15, -0.1) is 0 Å². The second-order valence-corrected chi connectivity index (χ2v) is 94.1. The van der Waals surface area contributed by atoms with Gasteiger partial charge in [-0.05, 0) is 0 Å². The molecule has 2 aliphatic rings. The van der Waals surface area contributed by atoms with Crippen LogP contribution in [-0.2, 0) is 14.2 Å². The van der Waals surface area contributed by atoms with Gasteiger partial charge < -0.3 is 0 Å². The zero-order valence-corrected chi connectivity index (χ0v) is 30.2. The van der Waals surface area contributed by atoms with E-state index in [0.717, 1.165) is 0 Å². The molecule has 0 nitrogen and oxygen atoms in total. The predicted molar refractivity (Wildman–Crippen MR) is 178 cm³/mol. The summed E-state index contributed by atoms with van der Waals surface area (Å²) in [5, 5.41) is 0. The first-order chi connectivity index (χ1) is 18.9. The standard InChI is InChI=1S/2C16H13.2C2H5.2CH3.Hf.H2Si/c2*1-12-6-2-3-9-14(12)16-11-5-8-13-7-4-10-15(13)16;2*1-2;;;;/h2*2-11H,1H3;2*1H2,2H3;2*1H3;;1H2. The van der Waals surface area contributed by atoms with Crippen molar-refractivity contribution in [3.8, 4) is 22.3 Å². The molecule has 0 amide bonds. The third kappa shape index (κ3) is 3.51. The molecule has 4 aromatic carbocycles. The van der Waals surface area contributed by atoms with E-state index in [1.807, 2.05) is 0 Å². The molecule has 2 atom stereocenters. The van der Waals surface area contributed by atoms with Crippen LogP contribution in [0.1, 0.15) is 54.6 Å². The van der Waals surface area contributed by atoms with Crippen molar-refractivity contribution in [1.29, 1.82) is 0 Å². The average Bonchev–Trinajstić information content (AvgIpc) is 3.61. The van der Waals surface area contributed by atoms with Gasteiger partial charge in [0.1, 0.15) is 0 Å². The van der Waals surface area contributed by atoms with Crippen molar-refractivity contribution >= 4 is 19.1 Å². The summed E-state index contributed by atoms with van der Waals surface area (Å²) >= 11 is -4.86. The third-order valence-corrected chi connectivity index (χ3v) is 76.1. The fourth-order valence-corrected chi connectivity index (χ4v) is 43.4. The number of fused-ring (bicyclic) bond motifs is 2. The van der Waals surface area contributed by atoms with Crippen LogP contribution in [0.3, 0.4) is 0 Å². The molecular formula is C38H44HfSi. The number of benzene rings is 4. The molecule has 40 heavy (non-hydrogen) atoms. The predicted octanol–water partition coefficient (Wildman–Crippen LogP) is 10.8. The van der Waals surface area contributed by atoms with E-state index in [1.165, 1.54) is 52.9 Å². The van der Waals surface area contributed by atoms with Gasteiger partial charge in [-0.2, -0.15) is 0 Å². The summed E-state index contributed by atoms with van der Waals surface area (Å²) in [6.07, 6.45) is 10.2. The summed E-state index contributed by atoms with van der Waals surface area (Å²) in [6, 6.07) is 31.9. The van der Waals surface area contributed by atoms with E-state index in [1.54, 1.807) is 11.1 Å². The normalized spacial score (nSPS) is 20.3. The Bertz CT molecular complexity index is 1760. The summed E-state index contributed by atoms with van der Waals surface area (Å²) in [5.74, 6) is 0. The second kappa shape index (κ2) is 8.26. The van der Waals surface area contributed by atoms with Crippen LogP contribution in [-0.4, -0.2) is 6.94 Å². The zero-order chi connectivity index (χ0) is 28.4. The monoisotopic (exact) mass is 708 g/mol. The second-order valence-electron chi connectivity index (χ2n) is 15.5. The fraction of sp³-hybridized carbons (Fsp3) is 0.263. The van der Waals surface area contributed by atoms with Gasteiger partial charge in [0.2, 0.25) is 0 Å². The molecule has 0 heterocycles. The summed E-state index contributed by atoms with van der Waals surface area (Å²) in [5.41, 5.74) is 14.1. The van der Waals surface area contributed by atoms with Crippen LogP contribution in [0.5, 0.6) is 0 Å². The quantitative estimate of drug-likeness (QED) is 0.175. The molecule has 0 aliphatic heterocycles. The first-order valence-corrected chi connectivity index (χ1v) is 39.9. The van der Waals surface area contributed by atoms with E-state index in [9.17, 15) is 0 Å². The van der Waals surface area contributed by atoms with E-state index in [2.05, 4.69) is 153 Å². The number of rotatable bonds is 6. The molecule has 2 heteroatoms. The molecule has 6 rings (SSSR count). The maximum absolute atomic E-state index is 4.86. The van der Waals surface area contributed by atoms with E-state index in [4.69, 9.17) is 0 Å². The van der Waals surface area contributed by atoms with Crippen molar-refractivity contribution < 1.29 is 14.2 Å². The fourth-order valence-electron chi connectivity index (χ4n) is 8.58. The Morgan fingerprint density at radius 1 is 0.550 bits per heavy atom. The van der Waals surface area contributed by atoms with Gasteiger partial charge >= 0.3 is 239 Å². The van der Waals surface area contributed by atoms with Crippen LogP contribution in [0.2, 0.25) is 17.7 Å². The molecule has 0 N–H and O–H groups in total. The van der Waals surface area contributed by atoms with Gasteiger partial charge in [0.25, 0.3) is 0 Å². The van der Waals surface area contributed by atoms with Crippen molar-refractivity contribution in [3.63, 3.8) is 0 Å². The Balaban J connectivity index is 1.60. The molecule has 0 spiro atoms. The molecule has 2 aliphatic carbocycles. The Kier molecular flexibility index (Phi) is 5.70. The number of hydrogen-bond donors (Lipinski definition) is 0. The van der Waals surface area contributed by atoms with Crippen LogP contribution >= 0.6 is 0 Å². The minimum absolute atomic E-state index is 0.444. The summed E-state index contributed by atoms with van der Waals surface area (Å²) in [4.78, 5) is 0. The van der Waals surface area contributed by atoms with Crippen molar-refractivity contribution in [3.05, 3.63) is 130 Å². The van der Waals surface area contributed by atoms with Crippen LogP contribution < -0.4 is 0 Å². The van der Waals surface area contributed by atoms with Crippen LogP contribution in [0.15, 0.2) is 97.1 Å². The van der Waals surface area contributed by atoms with Gasteiger partial charge in [0.15, 0.2) is 0 Å². The Labute approximate surface area is 237 Å². The molecule has 0 aromatic heterocycles. The van der Waals surface area contributed by atoms with Crippen molar-refractivity contribution in [2.45, 2.75) is 52.8 Å². The number of aryl methyl sites for hydroxylation is 2. The molecule has 2 unspecified atom stereocenters. The van der Waals surface area contributed by atoms with E-state index < -0.39 is 14.2 Å². The Morgan fingerprint density at radius 3 is 1.30 bits per heavy atom. The maximum atomic E-state index is 2.83. The first-order valence-electron chi connectivity index (χ1n) is 15.2. The van der Waals surface area contributed by atoms with Crippen molar-refractivity contribution in [2.24, 2.45) is 0 Å². The van der Waals surface area contributed by atoms with Crippen LogP contribution in [0.4, 0.5) is 0 Å². The van der Waals surface area contributed by atoms with Crippen LogP contribution in [0, 0.1) is 13.8 Å². The third-order valence-electron chi connectivity index (χ3n) is 12.9. The molecule has 4 aromatic rings. The zero-order valence-electron chi connectivity index (χ0n) is 25.2. The van der Waals surface area contributed by atoms with Gasteiger partial charge in [-0.25, -0.2) is 0 Å². The molecule has 204 valence electrons. The summed E-state index contributed by atoms with van der Waals surface area (Å²) in [6.45, 7) is 12.0. The number of allylic oxidation sites excluding steroid dienone is 2. The van der Waals surface area contributed by atoms with Gasteiger partial charge in [0, 0.05) is 0 Å². The Hall–Kier alpha value is -2.55. The molecule has 0 bridgehead atoms. The molecule has 0 fully saturated rings. The molecule has 0 saturated heterocycles. The van der Waals surface area contributed by atoms with Crippen molar-refractivity contribution in [2.75, 3.05) is 0 Å². The molecule has 0 saturated carbocycles. The van der Waals surface area contributed by atoms with Crippen LogP contribution in [0.25, 0.3) is 34.4 Å². The minimum atomic E-state index is -4.86. The van der Waals surface area contributed by atoms with E-state index in [0.29, 0.717) is 7.35 Å². The van der Waals surface area contributed by atoms with Crippen molar-refractivity contribution in [1.82, 2.24) is 0 Å².